The second-order valence-corrected chi connectivity index (χ2v) is 9.81. The summed E-state index contributed by atoms with van der Waals surface area (Å²) in [5.74, 6) is 0.0203. The number of rotatable bonds is 4. The molecule has 0 N–H and O–H groups in total. The van der Waals surface area contributed by atoms with E-state index in [1.807, 2.05) is 6.07 Å². The molecule has 180 valence electrons. The van der Waals surface area contributed by atoms with Gasteiger partial charge in [-0.2, -0.15) is 8.42 Å². The molecule has 2 aliphatic heterocycles. The van der Waals surface area contributed by atoms with Crippen molar-refractivity contribution < 1.29 is 27.1 Å². The number of benzene rings is 3. The van der Waals surface area contributed by atoms with Gasteiger partial charge in [-0.15, -0.1) is 4.31 Å². The Balaban J connectivity index is 1.68. The van der Waals surface area contributed by atoms with Gasteiger partial charge in [0.05, 0.1) is 5.69 Å². The van der Waals surface area contributed by atoms with E-state index in [0.717, 1.165) is 9.87 Å². The molecule has 3 aromatic carbocycles. The van der Waals surface area contributed by atoms with Crippen LogP contribution in [-0.2, 0) is 21.6 Å². The summed E-state index contributed by atoms with van der Waals surface area (Å²) in [6.07, 6.45) is -2.11. The number of para-hydroxylation sites is 1. The number of fused-ring (bicyclic) bond motifs is 4. The lowest BCUT2D eigenvalue weighted by molar-refractivity contribution is -0.487. The molecular weight excluding hydrogens is 498 g/mol. The quantitative estimate of drug-likeness (QED) is 0.372. The molecule has 35 heavy (non-hydrogen) atoms. The van der Waals surface area contributed by atoms with E-state index in [0.29, 0.717) is 5.56 Å². The normalized spacial score (nSPS) is 20.1. The highest BCUT2D eigenvalue weighted by Crippen LogP contribution is 2.51. The molecule has 0 radical (unpaired) electrons. The molecule has 3 aromatic rings. The third-order valence-electron chi connectivity index (χ3n) is 5.78. The van der Waals surface area contributed by atoms with Crippen molar-refractivity contribution in [3.05, 3.63) is 105 Å². The minimum absolute atomic E-state index is 0.0203. The van der Waals surface area contributed by atoms with Crippen molar-refractivity contribution >= 4 is 33.7 Å². The van der Waals surface area contributed by atoms with Crippen molar-refractivity contribution in [2.75, 3.05) is 11.4 Å². The summed E-state index contributed by atoms with van der Waals surface area (Å²) in [7, 11) is -4.54. The minimum Gasteiger partial charge on any atom is -0.444 e. The smallest absolute Gasteiger partial charge is 0.416 e. The molecule has 2 aliphatic rings. The number of hydrogen-bond donors (Lipinski definition) is 0. The molecule has 0 saturated heterocycles. The summed E-state index contributed by atoms with van der Waals surface area (Å²) in [4.78, 5) is 25.6. The van der Waals surface area contributed by atoms with Crippen LogP contribution in [0.5, 0.6) is 5.75 Å². The number of nitro groups is 1. The predicted molar refractivity (Wildman–Crippen MR) is 126 cm³/mol. The van der Waals surface area contributed by atoms with E-state index in [4.69, 9.17) is 20.5 Å². The van der Waals surface area contributed by atoms with Gasteiger partial charge < -0.3 is 8.92 Å². The number of amides is 1. The predicted octanol–water partition coefficient (Wildman–Crippen LogP) is 4.45. The monoisotopic (exact) mass is 515 g/mol. The van der Waals surface area contributed by atoms with Gasteiger partial charge in [0.25, 0.3) is 0 Å². The first-order valence-electron chi connectivity index (χ1n) is 10.5. The van der Waals surface area contributed by atoms with E-state index in [-0.39, 0.29) is 28.6 Å². The Kier molecular flexibility index (Phi) is 5.83. The average molecular weight is 516 g/mol. The molecule has 0 saturated carbocycles. The van der Waals surface area contributed by atoms with Crippen LogP contribution in [0.3, 0.4) is 0 Å². The maximum Gasteiger partial charge on any atom is 0.416 e. The van der Waals surface area contributed by atoms with Crippen LogP contribution in [0.2, 0.25) is 5.02 Å². The molecule has 0 unspecified atom stereocenters. The molecule has 0 fully saturated rings. The number of carbonyl (C=O) groups excluding carboxylic acids is 1. The van der Waals surface area contributed by atoms with E-state index in [1.165, 1.54) is 29.2 Å². The summed E-state index contributed by atoms with van der Waals surface area (Å²) in [6.45, 7) is -0.823. The lowest BCUT2D eigenvalue weighted by atomic mass is 9.97. The molecule has 5 rings (SSSR count). The van der Waals surface area contributed by atoms with E-state index < -0.39 is 40.1 Å². The average Bonchev–Trinajstić information content (AvgIpc) is 2.82. The zero-order valence-corrected chi connectivity index (χ0v) is 19.6. The maximum atomic E-state index is 13.5. The Labute approximate surface area is 205 Å². The second kappa shape index (κ2) is 8.84. The molecule has 10 nitrogen and oxygen atoms in total. The Bertz CT molecular complexity index is 1420. The summed E-state index contributed by atoms with van der Waals surface area (Å²) >= 11 is 6.17. The maximum absolute atomic E-state index is 13.5. The highest BCUT2D eigenvalue weighted by Gasteiger charge is 2.54. The van der Waals surface area contributed by atoms with Gasteiger partial charge in [-0.05, 0) is 29.8 Å². The number of anilines is 1. The first kappa shape index (κ1) is 23.1. The van der Waals surface area contributed by atoms with Crippen LogP contribution in [0, 0.1) is 10.1 Å². The van der Waals surface area contributed by atoms with Crippen molar-refractivity contribution in [1.82, 2.24) is 4.31 Å². The largest absolute Gasteiger partial charge is 0.444 e. The Hall–Kier alpha value is -3.67. The fourth-order valence-electron chi connectivity index (χ4n) is 4.35. The molecule has 2 heterocycles. The fourth-order valence-corrected chi connectivity index (χ4v) is 5.94. The number of ether oxygens (including phenoxy) is 1. The van der Waals surface area contributed by atoms with Gasteiger partial charge in [0.1, 0.15) is 18.8 Å². The van der Waals surface area contributed by atoms with E-state index >= 15 is 0 Å². The minimum atomic E-state index is -4.54. The highest BCUT2D eigenvalue weighted by molar-refractivity contribution is 7.84. The molecule has 1 amide bonds. The SMILES string of the molecule is O=C(OCc1ccccc1)N1c2ccc(Cl)cc2[C@H](C[N+](=O)[O-])N2[C@@H]1c1ccccc1OS2(=O)=O. The number of carbonyl (C=O) groups is 1. The second-order valence-electron chi connectivity index (χ2n) is 7.93. The van der Waals surface area contributed by atoms with Crippen molar-refractivity contribution in [1.29, 1.82) is 0 Å². The summed E-state index contributed by atoms with van der Waals surface area (Å²) in [5.41, 5.74) is 1.52. The Morgan fingerprint density at radius 1 is 1.06 bits per heavy atom. The summed E-state index contributed by atoms with van der Waals surface area (Å²) in [5, 5.41) is 11.8. The first-order valence-corrected chi connectivity index (χ1v) is 12.2. The third-order valence-corrected chi connectivity index (χ3v) is 7.37. The van der Waals surface area contributed by atoms with Gasteiger partial charge in [-0.1, -0.05) is 60.1 Å². The number of halogens is 1. The van der Waals surface area contributed by atoms with Crippen molar-refractivity contribution in [2.24, 2.45) is 0 Å². The zero-order chi connectivity index (χ0) is 24.7. The van der Waals surface area contributed by atoms with Crippen LogP contribution < -0.4 is 9.08 Å². The van der Waals surface area contributed by atoms with E-state index in [9.17, 15) is 23.3 Å². The summed E-state index contributed by atoms with van der Waals surface area (Å²) < 4.78 is 38.2. The van der Waals surface area contributed by atoms with Gasteiger partial charge in [0.15, 0.2) is 5.75 Å². The molecule has 2 atom stereocenters. The van der Waals surface area contributed by atoms with Gasteiger partial charge in [0.2, 0.25) is 6.54 Å². The Morgan fingerprint density at radius 2 is 1.77 bits per heavy atom. The van der Waals surface area contributed by atoms with Gasteiger partial charge in [-0.3, -0.25) is 15.0 Å². The number of nitrogens with zero attached hydrogens (tertiary/aromatic N) is 3. The van der Waals surface area contributed by atoms with Crippen LogP contribution in [0.15, 0.2) is 72.8 Å². The Morgan fingerprint density at radius 3 is 2.51 bits per heavy atom. The zero-order valence-electron chi connectivity index (χ0n) is 18.0. The van der Waals surface area contributed by atoms with Crippen molar-refractivity contribution in [3.63, 3.8) is 0 Å². The van der Waals surface area contributed by atoms with Crippen LogP contribution in [-0.4, -0.2) is 30.3 Å². The molecule has 0 aliphatic carbocycles. The first-order chi connectivity index (χ1) is 16.8. The van der Waals surface area contributed by atoms with Crippen molar-refractivity contribution in [3.8, 4) is 5.75 Å². The third kappa shape index (κ3) is 4.18. The molecular formula is C23H18ClN3O7S. The summed E-state index contributed by atoms with van der Waals surface area (Å²) in [6, 6.07) is 18.5. The topological polar surface area (TPSA) is 119 Å². The van der Waals surface area contributed by atoms with E-state index in [1.54, 1.807) is 42.5 Å². The molecule has 0 bridgehead atoms. The standard InChI is InChI=1S/C23H18ClN3O7S/c24-16-10-11-19-18(12-16)20(13-25(29)30)27-22(17-8-4-5-9-21(17)34-35(27,31)32)26(19)23(28)33-14-15-6-2-1-3-7-15/h1-12,20,22H,13-14H2/t20-,22+/m0/s1. The van der Waals surface area contributed by atoms with E-state index in [2.05, 4.69) is 0 Å². The van der Waals surface area contributed by atoms with Gasteiger partial charge >= 0.3 is 16.4 Å². The number of hydrogen-bond acceptors (Lipinski definition) is 7. The molecule has 0 spiro atoms. The van der Waals surface area contributed by atoms with Gasteiger partial charge in [0, 0.05) is 21.1 Å². The van der Waals surface area contributed by atoms with Crippen LogP contribution in [0.1, 0.15) is 28.9 Å². The lowest BCUT2D eigenvalue weighted by Gasteiger charge is -2.47. The fraction of sp³-hybridized carbons (Fsp3) is 0.174. The highest BCUT2D eigenvalue weighted by atomic mass is 35.5. The van der Waals surface area contributed by atoms with Crippen LogP contribution >= 0.6 is 11.6 Å². The van der Waals surface area contributed by atoms with Crippen LogP contribution in [0.25, 0.3) is 0 Å². The van der Waals surface area contributed by atoms with Crippen LogP contribution in [0.4, 0.5) is 10.5 Å². The van der Waals surface area contributed by atoms with Gasteiger partial charge in [-0.25, -0.2) is 4.79 Å². The lowest BCUT2D eigenvalue weighted by Crippen LogP contribution is -2.56. The molecule has 0 aromatic heterocycles. The van der Waals surface area contributed by atoms with Crippen molar-refractivity contribution in [2.45, 2.75) is 18.8 Å². The molecule has 12 heteroatoms.